The molecule has 9 heteroatoms. The van der Waals surface area contributed by atoms with Crippen molar-refractivity contribution in [2.24, 2.45) is 0 Å². The van der Waals surface area contributed by atoms with Gasteiger partial charge in [-0.2, -0.15) is 0 Å². The van der Waals surface area contributed by atoms with E-state index in [1.165, 1.54) is 0 Å². The van der Waals surface area contributed by atoms with Crippen LogP contribution in [0.3, 0.4) is 0 Å². The average Bonchev–Trinajstić information content (AvgIpc) is 3.40. The van der Waals surface area contributed by atoms with Crippen LogP contribution >= 0.6 is 11.3 Å². The number of hydrogen-bond donors (Lipinski definition) is 0. The summed E-state index contributed by atoms with van der Waals surface area (Å²) in [6.07, 6.45) is 2.80. The van der Waals surface area contributed by atoms with E-state index in [0.29, 0.717) is 6.54 Å². The van der Waals surface area contributed by atoms with Crippen molar-refractivity contribution in [1.82, 2.24) is 19.2 Å². The monoisotopic (exact) mass is 458 g/mol. The summed E-state index contributed by atoms with van der Waals surface area (Å²) in [6.45, 7) is 7.35. The molecular formula is C23H30N4O4S. The van der Waals surface area contributed by atoms with Crippen LogP contribution in [0.1, 0.15) is 12.6 Å². The third-order valence-electron chi connectivity index (χ3n) is 5.84. The van der Waals surface area contributed by atoms with Gasteiger partial charge in [0.25, 0.3) is 0 Å². The van der Waals surface area contributed by atoms with E-state index in [4.69, 9.17) is 19.2 Å². The molecule has 0 atom stereocenters. The molecule has 0 aliphatic carbocycles. The van der Waals surface area contributed by atoms with E-state index in [-0.39, 0.29) is 5.91 Å². The molecular weight excluding hydrogens is 428 g/mol. The Balaban J connectivity index is 1.47. The summed E-state index contributed by atoms with van der Waals surface area (Å²) in [5.74, 6) is 1.62. The van der Waals surface area contributed by atoms with Gasteiger partial charge in [-0.25, -0.2) is 4.98 Å². The van der Waals surface area contributed by atoms with Gasteiger partial charge in [0.05, 0.1) is 33.1 Å². The SMILES string of the molecule is COc1ccc(OC)c(-c2cn3c(CCN(CCN4CCOCC4)C(C)=O)csc3n2)c1. The van der Waals surface area contributed by atoms with Crippen LogP contribution in [0.5, 0.6) is 11.5 Å². The fourth-order valence-electron chi connectivity index (χ4n) is 3.92. The third kappa shape index (κ3) is 5.06. The average molecular weight is 459 g/mol. The molecule has 0 radical (unpaired) electrons. The van der Waals surface area contributed by atoms with Crippen molar-refractivity contribution in [2.75, 3.05) is 60.2 Å². The number of morpholine rings is 1. The number of fused-ring (bicyclic) bond motifs is 1. The second-order valence-corrected chi connectivity index (χ2v) is 8.62. The van der Waals surface area contributed by atoms with Crippen LogP contribution in [0, 0.1) is 0 Å². The first-order valence-electron chi connectivity index (χ1n) is 10.8. The molecule has 1 amide bonds. The molecule has 4 rings (SSSR count). The van der Waals surface area contributed by atoms with Gasteiger partial charge < -0.3 is 19.1 Å². The van der Waals surface area contributed by atoms with Crippen LogP contribution in [0.25, 0.3) is 16.2 Å². The van der Waals surface area contributed by atoms with Crippen LogP contribution in [0.4, 0.5) is 0 Å². The maximum Gasteiger partial charge on any atom is 0.219 e. The molecule has 3 heterocycles. The van der Waals surface area contributed by atoms with Gasteiger partial charge in [-0.05, 0) is 18.2 Å². The third-order valence-corrected chi connectivity index (χ3v) is 6.73. The number of thiazole rings is 1. The second kappa shape index (κ2) is 10.3. The van der Waals surface area contributed by atoms with Gasteiger partial charge in [0, 0.05) is 68.9 Å². The Morgan fingerprint density at radius 3 is 2.75 bits per heavy atom. The number of amides is 1. The Morgan fingerprint density at radius 2 is 2.03 bits per heavy atom. The van der Waals surface area contributed by atoms with Gasteiger partial charge >= 0.3 is 0 Å². The lowest BCUT2D eigenvalue weighted by atomic mass is 10.1. The Kier molecular flexibility index (Phi) is 7.29. The molecule has 2 aromatic heterocycles. The molecule has 1 fully saturated rings. The molecule has 0 spiro atoms. The summed E-state index contributed by atoms with van der Waals surface area (Å²) < 4.78 is 18.4. The number of imidazole rings is 1. The van der Waals surface area contributed by atoms with Gasteiger partial charge in [0.15, 0.2) is 4.96 Å². The van der Waals surface area contributed by atoms with Crippen LogP contribution in [0.2, 0.25) is 0 Å². The standard InChI is InChI=1S/C23H30N4O4S/c1-17(28)26(9-8-25-10-12-31-13-11-25)7-6-18-16-32-23-24-21(15-27(18)23)20-14-19(29-2)4-5-22(20)30-3/h4-5,14-16H,6-13H2,1-3H3. The lowest BCUT2D eigenvalue weighted by Crippen LogP contribution is -2.43. The van der Waals surface area contributed by atoms with Crippen molar-refractivity contribution >= 4 is 22.2 Å². The molecule has 1 aliphatic heterocycles. The Hall–Kier alpha value is -2.62. The van der Waals surface area contributed by atoms with E-state index in [0.717, 1.165) is 79.2 Å². The maximum absolute atomic E-state index is 12.2. The first kappa shape index (κ1) is 22.6. The molecule has 32 heavy (non-hydrogen) atoms. The minimum absolute atomic E-state index is 0.108. The van der Waals surface area contributed by atoms with Crippen molar-refractivity contribution in [2.45, 2.75) is 13.3 Å². The predicted octanol–water partition coefficient (Wildman–Crippen LogP) is 2.80. The Labute approximate surface area is 192 Å². The van der Waals surface area contributed by atoms with Gasteiger partial charge in [-0.1, -0.05) is 0 Å². The van der Waals surface area contributed by atoms with Crippen molar-refractivity contribution < 1.29 is 19.0 Å². The second-order valence-electron chi connectivity index (χ2n) is 7.78. The first-order valence-corrected chi connectivity index (χ1v) is 11.7. The molecule has 1 saturated heterocycles. The minimum atomic E-state index is 0.108. The zero-order valence-electron chi connectivity index (χ0n) is 18.9. The van der Waals surface area contributed by atoms with E-state index in [9.17, 15) is 4.79 Å². The number of methoxy groups -OCH3 is 2. The van der Waals surface area contributed by atoms with E-state index in [1.807, 2.05) is 29.3 Å². The highest BCUT2D eigenvalue weighted by Gasteiger charge is 2.17. The minimum Gasteiger partial charge on any atom is -0.497 e. The number of carbonyl (C=O) groups excluding carboxylic acids is 1. The number of hydrogen-bond acceptors (Lipinski definition) is 7. The van der Waals surface area contributed by atoms with Crippen LogP contribution in [-0.4, -0.2) is 85.2 Å². The highest BCUT2D eigenvalue weighted by molar-refractivity contribution is 7.15. The number of ether oxygens (including phenoxy) is 3. The van der Waals surface area contributed by atoms with Gasteiger partial charge in [-0.15, -0.1) is 11.3 Å². The summed E-state index contributed by atoms with van der Waals surface area (Å²) in [4.78, 5) is 22.2. The quantitative estimate of drug-likeness (QED) is 0.491. The molecule has 1 aromatic carbocycles. The highest BCUT2D eigenvalue weighted by Crippen LogP contribution is 2.34. The molecule has 172 valence electrons. The van der Waals surface area contributed by atoms with Crippen LogP contribution < -0.4 is 9.47 Å². The van der Waals surface area contributed by atoms with Crippen molar-refractivity contribution in [3.63, 3.8) is 0 Å². The van der Waals surface area contributed by atoms with Crippen molar-refractivity contribution in [1.29, 1.82) is 0 Å². The van der Waals surface area contributed by atoms with E-state index < -0.39 is 0 Å². The van der Waals surface area contributed by atoms with Crippen molar-refractivity contribution in [3.05, 3.63) is 35.5 Å². The first-order chi connectivity index (χ1) is 15.6. The maximum atomic E-state index is 12.2. The number of nitrogens with zero attached hydrogens (tertiary/aromatic N) is 4. The summed E-state index contributed by atoms with van der Waals surface area (Å²) in [5.41, 5.74) is 2.87. The van der Waals surface area contributed by atoms with E-state index in [1.54, 1.807) is 32.5 Å². The molecule has 0 N–H and O–H groups in total. The zero-order chi connectivity index (χ0) is 22.5. The van der Waals surface area contributed by atoms with E-state index >= 15 is 0 Å². The van der Waals surface area contributed by atoms with Crippen LogP contribution in [0.15, 0.2) is 29.8 Å². The predicted molar refractivity (Wildman–Crippen MR) is 125 cm³/mol. The van der Waals surface area contributed by atoms with Gasteiger partial charge in [0.2, 0.25) is 5.91 Å². The highest BCUT2D eigenvalue weighted by atomic mass is 32.1. The summed E-state index contributed by atoms with van der Waals surface area (Å²) >= 11 is 1.60. The normalized spacial score (nSPS) is 14.6. The van der Waals surface area contributed by atoms with E-state index in [2.05, 4.69) is 14.7 Å². The number of carbonyl (C=O) groups is 1. The lowest BCUT2D eigenvalue weighted by Gasteiger charge is -2.29. The molecule has 0 bridgehead atoms. The molecule has 0 saturated carbocycles. The fraction of sp³-hybridized carbons (Fsp3) is 0.478. The summed E-state index contributed by atoms with van der Waals surface area (Å²) in [7, 11) is 3.30. The van der Waals surface area contributed by atoms with Crippen molar-refractivity contribution in [3.8, 4) is 22.8 Å². The number of aromatic nitrogens is 2. The zero-order valence-corrected chi connectivity index (χ0v) is 19.7. The number of benzene rings is 1. The molecule has 1 aliphatic rings. The van der Waals surface area contributed by atoms with Gasteiger partial charge in [-0.3, -0.25) is 14.1 Å². The summed E-state index contributed by atoms with van der Waals surface area (Å²) in [5, 5.41) is 2.12. The lowest BCUT2D eigenvalue weighted by molar-refractivity contribution is -0.129. The Morgan fingerprint density at radius 1 is 1.22 bits per heavy atom. The number of rotatable bonds is 9. The Bertz CT molecular complexity index is 1060. The molecule has 0 unspecified atom stereocenters. The largest absolute Gasteiger partial charge is 0.497 e. The molecule has 8 nitrogen and oxygen atoms in total. The smallest absolute Gasteiger partial charge is 0.219 e. The summed E-state index contributed by atoms with van der Waals surface area (Å²) in [6, 6.07) is 5.70. The van der Waals surface area contributed by atoms with Crippen LogP contribution in [-0.2, 0) is 16.0 Å². The van der Waals surface area contributed by atoms with Gasteiger partial charge in [0.1, 0.15) is 11.5 Å². The molecule has 3 aromatic rings. The fourth-order valence-corrected chi connectivity index (χ4v) is 4.82. The topological polar surface area (TPSA) is 68.5 Å².